The molecule has 0 heterocycles. The summed E-state index contributed by atoms with van der Waals surface area (Å²) in [5, 5.41) is 33.9. The Balaban J connectivity index is 0.00000312. The Hall–Kier alpha value is -3.82. The Morgan fingerprint density at radius 2 is 1.06 bits per heavy atom. The second-order valence-corrected chi connectivity index (χ2v) is 12.2. The molecule has 7 N–H and O–H groups in total. The Kier molecular flexibility index (Phi) is 12.6. The molecule has 5 rings (SSSR count). The summed E-state index contributed by atoms with van der Waals surface area (Å²) in [4.78, 5) is -2.02. The van der Waals surface area contributed by atoms with Crippen LogP contribution in [0.25, 0.3) is 10.8 Å². The van der Waals surface area contributed by atoms with Crippen molar-refractivity contribution >= 4 is 82.2 Å². The van der Waals surface area contributed by atoms with Gasteiger partial charge in [-0.3, -0.25) is 0 Å². The van der Waals surface area contributed by atoms with Gasteiger partial charge in [0.05, 0.1) is 43.6 Å². The topological polar surface area (TPSA) is 287 Å². The number of nitrogen functional groups attached to an aromatic ring is 3. The second-order valence-electron chi connectivity index (χ2n) is 9.49. The number of nitrogens with two attached hydrogens (primary N) is 3. The number of fused-ring (bicyclic) bond motifs is 1. The Bertz CT molecular complexity index is 2310. The zero-order valence-electron chi connectivity index (χ0n) is 25.2. The number of hydrogen-bond acceptors (Lipinski definition) is 16. The number of hydrogen-bond donors (Lipinski definition) is 4. The Labute approximate surface area is 318 Å². The monoisotopic (exact) mass is 705 g/mol. The van der Waals surface area contributed by atoms with E-state index >= 15 is 0 Å². The fourth-order valence-corrected chi connectivity index (χ4v) is 5.47. The molecule has 0 atom stereocenters. The van der Waals surface area contributed by atoms with Gasteiger partial charge in [-0.1, -0.05) is 18.2 Å². The number of azo groups is 3. The van der Waals surface area contributed by atoms with Crippen molar-refractivity contribution in [1.29, 1.82) is 0 Å². The Morgan fingerprint density at radius 3 is 1.58 bits per heavy atom. The summed E-state index contributed by atoms with van der Waals surface area (Å²) in [6, 6.07) is 20.1. The third-order valence-corrected chi connectivity index (χ3v) is 8.01. The summed E-state index contributed by atoms with van der Waals surface area (Å²) in [5.74, 6) is -0.924. The molecule has 0 saturated carbocycles. The van der Waals surface area contributed by atoms with E-state index in [4.69, 9.17) is 17.2 Å². The number of nitrogens with zero attached hydrogens (tertiary/aromatic N) is 6. The van der Waals surface area contributed by atoms with Crippen LogP contribution in [0.5, 0.6) is 5.75 Å². The first-order chi connectivity index (χ1) is 21.7. The van der Waals surface area contributed by atoms with Crippen LogP contribution in [-0.4, -0.2) is 31.0 Å². The van der Waals surface area contributed by atoms with Gasteiger partial charge in [0, 0.05) is 5.69 Å². The number of phenolic OH excluding ortho intramolecular Hbond substituents is 1. The molecule has 0 aliphatic heterocycles. The molecular formula is C28H21N9Na2O7S2. The zero-order valence-corrected chi connectivity index (χ0v) is 30.8. The maximum absolute atomic E-state index is 12.2. The van der Waals surface area contributed by atoms with E-state index < -0.39 is 52.8 Å². The van der Waals surface area contributed by atoms with E-state index in [9.17, 15) is 31.0 Å². The third-order valence-electron chi connectivity index (χ3n) is 6.31. The number of phenols is 1. The fraction of sp³-hybridized carbons (Fsp3) is 0. The fourth-order valence-electron chi connectivity index (χ4n) is 4.16. The molecular weight excluding hydrogens is 684 g/mol. The molecule has 0 fully saturated rings. The van der Waals surface area contributed by atoms with Gasteiger partial charge in [0.1, 0.15) is 37.3 Å². The predicted octanol–water partition coefficient (Wildman–Crippen LogP) is 0.354. The van der Waals surface area contributed by atoms with Crippen molar-refractivity contribution in [3.8, 4) is 5.75 Å². The van der Waals surface area contributed by atoms with Crippen molar-refractivity contribution in [2.75, 3.05) is 17.2 Å². The number of benzene rings is 5. The van der Waals surface area contributed by atoms with Gasteiger partial charge in [-0.2, -0.15) is 15.3 Å². The van der Waals surface area contributed by atoms with Gasteiger partial charge in [-0.25, -0.2) is 16.8 Å². The smallest absolute Gasteiger partial charge is 0.744 e. The number of aromatic hydroxyl groups is 1. The van der Waals surface area contributed by atoms with Crippen LogP contribution in [-0.2, 0) is 20.2 Å². The third kappa shape index (κ3) is 8.80. The first-order valence-electron chi connectivity index (χ1n) is 12.8. The van der Waals surface area contributed by atoms with Crippen LogP contribution in [0.1, 0.15) is 0 Å². The minimum absolute atomic E-state index is 0. The van der Waals surface area contributed by atoms with Crippen molar-refractivity contribution < 1.29 is 90.2 Å². The molecule has 0 aromatic heterocycles. The molecule has 0 amide bonds. The summed E-state index contributed by atoms with van der Waals surface area (Å²) in [6.07, 6.45) is 0. The summed E-state index contributed by atoms with van der Waals surface area (Å²) in [6.45, 7) is 0. The molecule has 0 bridgehead atoms. The van der Waals surface area contributed by atoms with Crippen LogP contribution < -0.4 is 76.3 Å². The van der Waals surface area contributed by atoms with Gasteiger partial charge >= 0.3 is 59.1 Å². The van der Waals surface area contributed by atoms with Gasteiger partial charge in [0.2, 0.25) is 0 Å². The molecule has 234 valence electrons. The molecule has 0 aliphatic carbocycles. The molecule has 48 heavy (non-hydrogen) atoms. The van der Waals surface area contributed by atoms with Gasteiger partial charge in [0.15, 0.2) is 5.75 Å². The predicted molar refractivity (Wildman–Crippen MR) is 167 cm³/mol. The molecule has 0 radical (unpaired) electrons. The normalized spacial score (nSPS) is 12.0. The summed E-state index contributed by atoms with van der Waals surface area (Å²) < 4.78 is 72.9. The molecule has 0 unspecified atom stereocenters. The zero-order chi connectivity index (χ0) is 33.2. The maximum Gasteiger partial charge on any atom is 1.00 e. The molecule has 20 heteroatoms. The van der Waals surface area contributed by atoms with E-state index in [1.807, 2.05) is 0 Å². The van der Waals surface area contributed by atoms with Crippen molar-refractivity contribution in [2.45, 2.75) is 9.79 Å². The van der Waals surface area contributed by atoms with Crippen LogP contribution in [0.3, 0.4) is 0 Å². The van der Waals surface area contributed by atoms with Gasteiger partial charge in [0.25, 0.3) is 0 Å². The maximum atomic E-state index is 12.2. The first-order valence-corrected chi connectivity index (χ1v) is 15.6. The summed E-state index contributed by atoms with van der Waals surface area (Å²) in [7, 11) is -10.6. The van der Waals surface area contributed by atoms with Crippen molar-refractivity contribution in [1.82, 2.24) is 0 Å². The standard InChI is InChI=1S/C28H23N9O7S2.2Na/c29-16-6-11-21(20(30)14-16)35-32-18-7-9-19(10-8-18)34-36-26-22(45(39,40)41)12-15-13-23(46(42,43)44)27(28(38)24(15)25(26)31)37-33-17-4-2-1-3-5-17;;/h1-14,38H,29-31H2,(H,39,40,41)(H,42,43,44);;/q;2*+1/p-2. The minimum Gasteiger partial charge on any atom is -0.744 e. The Morgan fingerprint density at radius 1 is 0.583 bits per heavy atom. The second kappa shape index (κ2) is 15.6. The molecule has 0 aliphatic rings. The minimum atomic E-state index is -5.30. The number of anilines is 3. The SMILES string of the molecule is Nc1ccc(N=Nc2ccc(N=Nc3c(S(=O)(=O)[O-])cc4cc(S(=O)(=O)[O-])c(N=Nc5ccccc5)c(O)c4c3N)cc2)c(N)c1.[Na+].[Na+]. The molecule has 0 saturated heterocycles. The first kappa shape index (κ1) is 38.6. The van der Waals surface area contributed by atoms with Crippen LogP contribution >= 0.6 is 0 Å². The summed E-state index contributed by atoms with van der Waals surface area (Å²) >= 11 is 0. The van der Waals surface area contributed by atoms with Crippen LogP contribution in [0, 0.1) is 0 Å². The van der Waals surface area contributed by atoms with Gasteiger partial charge in [-0.15, -0.1) is 15.3 Å². The van der Waals surface area contributed by atoms with E-state index in [0.29, 0.717) is 22.7 Å². The molecule has 5 aromatic rings. The molecule has 0 spiro atoms. The van der Waals surface area contributed by atoms with Crippen LogP contribution in [0.2, 0.25) is 0 Å². The van der Waals surface area contributed by atoms with E-state index in [0.717, 1.165) is 12.1 Å². The van der Waals surface area contributed by atoms with Crippen LogP contribution in [0.15, 0.2) is 125 Å². The summed E-state index contributed by atoms with van der Waals surface area (Å²) in [5.41, 5.74) is 17.8. The average molecular weight is 706 g/mol. The average Bonchev–Trinajstić information content (AvgIpc) is 2.99. The van der Waals surface area contributed by atoms with E-state index in [2.05, 4.69) is 30.7 Å². The van der Waals surface area contributed by atoms with E-state index in [-0.39, 0.29) is 81.3 Å². The van der Waals surface area contributed by atoms with Crippen molar-refractivity contribution in [3.63, 3.8) is 0 Å². The van der Waals surface area contributed by atoms with Crippen molar-refractivity contribution in [2.24, 2.45) is 30.7 Å². The van der Waals surface area contributed by atoms with Gasteiger partial charge < -0.3 is 31.4 Å². The molecule has 5 aromatic carbocycles. The quantitative estimate of drug-likeness (QED) is 0.0744. The van der Waals surface area contributed by atoms with Crippen LogP contribution in [0.4, 0.5) is 51.2 Å². The largest absolute Gasteiger partial charge is 1.00 e. The van der Waals surface area contributed by atoms with E-state index in [1.54, 1.807) is 30.3 Å². The van der Waals surface area contributed by atoms with Crippen molar-refractivity contribution in [3.05, 3.63) is 84.9 Å². The number of rotatable bonds is 8. The molecule has 16 nitrogen and oxygen atoms in total. The van der Waals surface area contributed by atoms with E-state index in [1.165, 1.54) is 42.5 Å². The van der Waals surface area contributed by atoms with Gasteiger partial charge in [-0.05, 0) is 72.1 Å².